The molecule has 106 valence electrons. The van der Waals surface area contributed by atoms with Crippen LogP contribution < -0.4 is 5.32 Å². The summed E-state index contributed by atoms with van der Waals surface area (Å²) in [5.41, 5.74) is 0.759. The van der Waals surface area contributed by atoms with Crippen molar-refractivity contribution in [3.8, 4) is 0 Å². The summed E-state index contributed by atoms with van der Waals surface area (Å²) < 4.78 is 0. The van der Waals surface area contributed by atoms with E-state index in [-0.39, 0.29) is 24.0 Å². The van der Waals surface area contributed by atoms with Gasteiger partial charge in [-0.05, 0) is 19.4 Å². The van der Waals surface area contributed by atoms with Gasteiger partial charge in [-0.2, -0.15) is 0 Å². The second kappa shape index (κ2) is 5.68. The molecule has 1 saturated heterocycles. The molecule has 7 heteroatoms. The molecule has 0 spiro atoms. The topological polar surface area (TPSA) is 92.6 Å². The Labute approximate surface area is 115 Å². The zero-order valence-corrected chi connectivity index (χ0v) is 11.1. The fourth-order valence-corrected chi connectivity index (χ4v) is 2.19. The average Bonchev–Trinajstić information content (AvgIpc) is 2.77. The summed E-state index contributed by atoms with van der Waals surface area (Å²) in [6.45, 7) is 2.15. The van der Waals surface area contributed by atoms with Gasteiger partial charge in [-0.15, -0.1) is 0 Å². The average molecular weight is 277 g/mol. The van der Waals surface area contributed by atoms with Gasteiger partial charge in [0.05, 0.1) is 22.7 Å². The van der Waals surface area contributed by atoms with Crippen molar-refractivity contribution in [1.29, 1.82) is 0 Å². The number of likely N-dealkylation sites (tertiary alicyclic amines) is 1. The first-order valence-electron chi connectivity index (χ1n) is 6.30. The van der Waals surface area contributed by atoms with Crippen LogP contribution in [0.1, 0.15) is 18.4 Å². The Bertz CT molecular complexity index is 571. The van der Waals surface area contributed by atoms with Crippen LogP contribution in [-0.4, -0.2) is 34.7 Å². The van der Waals surface area contributed by atoms with Crippen LogP contribution in [0.25, 0.3) is 0 Å². The molecular weight excluding hydrogens is 262 g/mol. The zero-order valence-electron chi connectivity index (χ0n) is 11.1. The van der Waals surface area contributed by atoms with Crippen LogP contribution in [-0.2, 0) is 9.59 Å². The zero-order chi connectivity index (χ0) is 14.7. The molecule has 0 aliphatic carbocycles. The molecule has 0 saturated carbocycles. The molecule has 2 amide bonds. The summed E-state index contributed by atoms with van der Waals surface area (Å²) in [4.78, 5) is 35.1. The minimum Gasteiger partial charge on any atom is -0.333 e. The molecule has 1 heterocycles. The second-order valence-electron chi connectivity index (χ2n) is 4.67. The fourth-order valence-electron chi connectivity index (χ4n) is 2.19. The monoisotopic (exact) mass is 277 g/mol. The SMILES string of the molecule is Cc1c(NC(=O)CN2CCCC2=O)cccc1[N+](=O)[O-]. The number of nitrogens with zero attached hydrogens (tertiary/aromatic N) is 2. The predicted molar refractivity (Wildman–Crippen MR) is 72.3 cm³/mol. The van der Waals surface area contributed by atoms with Gasteiger partial charge in [0.15, 0.2) is 0 Å². The van der Waals surface area contributed by atoms with E-state index in [0.29, 0.717) is 24.2 Å². The number of hydrogen-bond acceptors (Lipinski definition) is 4. The van der Waals surface area contributed by atoms with Crippen molar-refractivity contribution in [1.82, 2.24) is 4.90 Å². The van der Waals surface area contributed by atoms with Crippen molar-refractivity contribution in [2.24, 2.45) is 0 Å². The number of rotatable bonds is 4. The van der Waals surface area contributed by atoms with E-state index in [1.165, 1.54) is 17.0 Å². The summed E-state index contributed by atoms with van der Waals surface area (Å²) in [7, 11) is 0. The number of nitrogens with one attached hydrogen (secondary N) is 1. The number of amides is 2. The number of carbonyl (C=O) groups excluding carboxylic acids is 2. The first kappa shape index (κ1) is 14.0. The molecule has 0 aromatic heterocycles. The Morgan fingerprint density at radius 2 is 2.25 bits per heavy atom. The van der Waals surface area contributed by atoms with Crippen LogP contribution >= 0.6 is 0 Å². The van der Waals surface area contributed by atoms with Crippen molar-refractivity contribution in [2.75, 3.05) is 18.4 Å². The maximum absolute atomic E-state index is 11.9. The highest BCUT2D eigenvalue weighted by molar-refractivity contribution is 5.95. The number of carbonyl (C=O) groups is 2. The number of anilines is 1. The second-order valence-corrected chi connectivity index (χ2v) is 4.67. The molecule has 1 fully saturated rings. The number of hydrogen-bond donors (Lipinski definition) is 1. The Morgan fingerprint density at radius 3 is 2.85 bits per heavy atom. The molecule has 0 bridgehead atoms. The van der Waals surface area contributed by atoms with Crippen LogP contribution in [0.2, 0.25) is 0 Å². The summed E-state index contributed by atoms with van der Waals surface area (Å²) in [6, 6.07) is 4.50. The highest BCUT2D eigenvalue weighted by atomic mass is 16.6. The third kappa shape index (κ3) is 2.93. The molecule has 1 aliphatic rings. The minimum atomic E-state index is -0.491. The van der Waals surface area contributed by atoms with E-state index in [2.05, 4.69) is 5.32 Å². The summed E-state index contributed by atoms with van der Waals surface area (Å²) in [5.74, 6) is -0.375. The largest absolute Gasteiger partial charge is 0.333 e. The van der Waals surface area contributed by atoms with Gasteiger partial charge >= 0.3 is 0 Å². The lowest BCUT2D eigenvalue weighted by atomic mass is 10.1. The van der Waals surface area contributed by atoms with Gasteiger partial charge in [0.1, 0.15) is 0 Å². The van der Waals surface area contributed by atoms with Crippen LogP contribution in [0.15, 0.2) is 18.2 Å². The van der Waals surface area contributed by atoms with Crippen molar-refractivity contribution < 1.29 is 14.5 Å². The molecule has 20 heavy (non-hydrogen) atoms. The van der Waals surface area contributed by atoms with E-state index >= 15 is 0 Å². The van der Waals surface area contributed by atoms with Gasteiger partial charge in [0, 0.05) is 19.0 Å². The Hall–Kier alpha value is -2.44. The molecule has 7 nitrogen and oxygen atoms in total. The quantitative estimate of drug-likeness (QED) is 0.666. The van der Waals surface area contributed by atoms with Crippen molar-refractivity contribution in [2.45, 2.75) is 19.8 Å². The van der Waals surface area contributed by atoms with Gasteiger partial charge in [0.25, 0.3) is 5.69 Å². The molecule has 1 aromatic rings. The fraction of sp³-hybridized carbons (Fsp3) is 0.385. The van der Waals surface area contributed by atoms with Crippen LogP contribution in [0.3, 0.4) is 0 Å². The smallest absolute Gasteiger partial charge is 0.274 e. The molecule has 2 rings (SSSR count). The molecule has 0 radical (unpaired) electrons. The van der Waals surface area contributed by atoms with Crippen LogP contribution in [0.5, 0.6) is 0 Å². The maximum Gasteiger partial charge on any atom is 0.274 e. The van der Waals surface area contributed by atoms with Crippen molar-refractivity contribution in [3.05, 3.63) is 33.9 Å². The van der Waals surface area contributed by atoms with Crippen molar-refractivity contribution >= 4 is 23.2 Å². The highest BCUT2D eigenvalue weighted by Gasteiger charge is 2.23. The minimum absolute atomic E-state index is 0.0129. The normalized spacial score (nSPS) is 14.4. The maximum atomic E-state index is 11.9. The van der Waals surface area contributed by atoms with Gasteiger partial charge in [-0.1, -0.05) is 6.07 Å². The Morgan fingerprint density at radius 1 is 1.50 bits per heavy atom. The molecule has 0 unspecified atom stereocenters. The molecule has 0 atom stereocenters. The Balaban J connectivity index is 2.06. The van der Waals surface area contributed by atoms with Gasteiger partial charge in [0.2, 0.25) is 11.8 Å². The van der Waals surface area contributed by atoms with E-state index in [1.807, 2.05) is 0 Å². The lowest BCUT2D eigenvalue weighted by Gasteiger charge is -2.15. The lowest BCUT2D eigenvalue weighted by molar-refractivity contribution is -0.385. The van der Waals surface area contributed by atoms with Crippen LogP contribution in [0, 0.1) is 17.0 Å². The first-order valence-corrected chi connectivity index (χ1v) is 6.30. The van der Waals surface area contributed by atoms with E-state index in [9.17, 15) is 19.7 Å². The van der Waals surface area contributed by atoms with Crippen molar-refractivity contribution in [3.63, 3.8) is 0 Å². The van der Waals surface area contributed by atoms with Crippen LogP contribution in [0.4, 0.5) is 11.4 Å². The molecule has 1 aliphatic heterocycles. The van der Waals surface area contributed by atoms with E-state index in [1.54, 1.807) is 13.0 Å². The Kier molecular flexibility index (Phi) is 3.97. The van der Waals surface area contributed by atoms with Gasteiger partial charge in [-0.25, -0.2) is 0 Å². The number of benzene rings is 1. The highest BCUT2D eigenvalue weighted by Crippen LogP contribution is 2.25. The predicted octanol–water partition coefficient (Wildman–Crippen LogP) is 1.46. The third-order valence-electron chi connectivity index (χ3n) is 3.28. The molecule has 1 aromatic carbocycles. The van der Waals surface area contributed by atoms with Gasteiger partial charge < -0.3 is 10.2 Å². The third-order valence-corrected chi connectivity index (χ3v) is 3.28. The van der Waals surface area contributed by atoms with E-state index < -0.39 is 4.92 Å². The van der Waals surface area contributed by atoms with E-state index in [4.69, 9.17) is 0 Å². The van der Waals surface area contributed by atoms with E-state index in [0.717, 1.165) is 6.42 Å². The molecule has 1 N–H and O–H groups in total. The summed E-state index contributed by atoms with van der Waals surface area (Å²) in [5, 5.41) is 13.4. The summed E-state index contributed by atoms with van der Waals surface area (Å²) in [6.07, 6.45) is 1.24. The van der Waals surface area contributed by atoms with Gasteiger partial charge in [-0.3, -0.25) is 19.7 Å². The standard InChI is InChI=1S/C13H15N3O4/c1-9-10(4-2-5-11(9)16(19)20)14-12(17)8-15-7-3-6-13(15)18/h2,4-5H,3,6-8H2,1H3,(H,14,17). The number of nitro groups is 1. The first-order chi connectivity index (χ1) is 9.49. The summed E-state index contributed by atoms with van der Waals surface area (Å²) >= 11 is 0. The molecular formula is C13H15N3O4. The number of nitro benzene ring substituents is 1. The lowest BCUT2D eigenvalue weighted by Crippen LogP contribution is -2.34.